The normalized spacial score (nSPS) is 11.0. The highest BCUT2D eigenvalue weighted by Gasteiger charge is 2.23. The summed E-state index contributed by atoms with van der Waals surface area (Å²) < 4.78 is 8.09. The van der Waals surface area contributed by atoms with Crippen molar-refractivity contribution in [3.05, 3.63) is 97.2 Å². The van der Waals surface area contributed by atoms with Crippen LogP contribution >= 0.6 is 0 Å². The molecule has 4 rings (SSSR count). The number of nitrogens with one attached hydrogen (secondary N) is 2. The summed E-state index contributed by atoms with van der Waals surface area (Å²) in [5.41, 5.74) is -0.878. The second-order valence-electron chi connectivity index (χ2n) is 7.34. The Labute approximate surface area is 181 Å². The van der Waals surface area contributed by atoms with Gasteiger partial charge in [-0.2, -0.15) is 0 Å². The molecule has 2 N–H and O–H groups in total. The number of fused-ring (bicyclic) bond motifs is 1. The van der Waals surface area contributed by atoms with E-state index >= 15 is 0 Å². The van der Waals surface area contributed by atoms with E-state index in [1.807, 2.05) is 0 Å². The molecule has 0 spiro atoms. The zero-order valence-electron chi connectivity index (χ0n) is 17.5. The summed E-state index contributed by atoms with van der Waals surface area (Å²) >= 11 is 0. The lowest BCUT2D eigenvalue weighted by Crippen LogP contribution is -2.34. The number of benzene rings is 1. The molecule has 9 heteroatoms. The molecule has 164 valence electrons. The van der Waals surface area contributed by atoms with Gasteiger partial charge in [-0.05, 0) is 38.0 Å². The van der Waals surface area contributed by atoms with Crippen LogP contribution in [-0.4, -0.2) is 26.6 Å². The molecule has 0 unspecified atom stereocenters. The summed E-state index contributed by atoms with van der Waals surface area (Å²) in [6.45, 7) is 2.48. The fourth-order valence-corrected chi connectivity index (χ4v) is 3.62. The third-order valence-corrected chi connectivity index (χ3v) is 5.18. The molecular weight excluding hydrogens is 412 g/mol. The van der Waals surface area contributed by atoms with Crippen molar-refractivity contribution < 1.29 is 9.21 Å². The van der Waals surface area contributed by atoms with Crippen LogP contribution < -0.4 is 22.1 Å². The van der Waals surface area contributed by atoms with Crippen LogP contribution in [0, 0.1) is 6.92 Å². The number of nitrogens with zero attached hydrogens (tertiary/aromatic N) is 2. The van der Waals surface area contributed by atoms with Crippen LogP contribution in [0.5, 0.6) is 0 Å². The standard InChI is InChI=1S/C23H22N4O5/c1-15-18(20(29)24-12-6-8-14-26-13-7-5-11-17(26)28)19-21(32-15)25-23(31)27(22(19)30)16-9-3-2-4-10-16/h2-5,7,9-11,13H,6,8,12,14H2,1H3,(H,24,29)(H,25,31). The number of aryl methyl sites for hydroxylation is 2. The molecule has 32 heavy (non-hydrogen) atoms. The zero-order valence-corrected chi connectivity index (χ0v) is 17.5. The monoisotopic (exact) mass is 434 g/mol. The number of aromatic amines is 1. The minimum Gasteiger partial charge on any atom is -0.444 e. The fourth-order valence-electron chi connectivity index (χ4n) is 3.62. The molecule has 3 heterocycles. The number of aromatic nitrogens is 3. The molecule has 0 saturated carbocycles. The van der Waals surface area contributed by atoms with Gasteiger partial charge in [0.1, 0.15) is 11.1 Å². The summed E-state index contributed by atoms with van der Waals surface area (Å²) in [5.74, 6) is -0.214. The zero-order chi connectivity index (χ0) is 22.7. The van der Waals surface area contributed by atoms with Gasteiger partial charge in [0, 0.05) is 25.4 Å². The molecule has 0 bridgehead atoms. The van der Waals surface area contributed by atoms with Gasteiger partial charge in [-0.25, -0.2) is 9.36 Å². The smallest absolute Gasteiger partial charge is 0.335 e. The van der Waals surface area contributed by atoms with E-state index in [1.165, 1.54) is 6.07 Å². The highest BCUT2D eigenvalue weighted by Crippen LogP contribution is 2.20. The summed E-state index contributed by atoms with van der Waals surface area (Å²) in [6, 6.07) is 13.4. The largest absolute Gasteiger partial charge is 0.444 e. The second-order valence-corrected chi connectivity index (χ2v) is 7.34. The molecule has 3 aromatic heterocycles. The molecule has 0 aliphatic carbocycles. The van der Waals surface area contributed by atoms with Gasteiger partial charge in [-0.15, -0.1) is 0 Å². The molecule has 4 aromatic rings. The van der Waals surface area contributed by atoms with E-state index in [4.69, 9.17) is 4.42 Å². The first-order chi connectivity index (χ1) is 15.5. The number of amides is 1. The topological polar surface area (TPSA) is 119 Å². The summed E-state index contributed by atoms with van der Waals surface area (Å²) in [7, 11) is 0. The van der Waals surface area contributed by atoms with E-state index < -0.39 is 17.2 Å². The molecule has 0 atom stereocenters. The van der Waals surface area contributed by atoms with Gasteiger partial charge in [0.25, 0.3) is 11.5 Å². The van der Waals surface area contributed by atoms with Crippen LogP contribution in [-0.2, 0) is 6.54 Å². The maximum absolute atomic E-state index is 13.1. The van der Waals surface area contributed by atoms with Gasteiger partial charge >= 0.3 is 5.69 Å². The fraction of sp³-hybridized carbons (Fsp3) is 0.217. The molecule has 0 aliphatic rings. The number of para-hydroxylation sites is 1. The van der Waals surface area contributed by atoms with Gasteiger partial charge in [0.15, 0.2) is 0 Å². The molecule has 1 aromatic carbocycles. The number of carbonyl (C=O) groups is 1. The first kappa shape index (κ1) is 21.1. The number of unbranched alkanes of at least 4 members (excludes halogenated alkanes) is 1. The van der Waals surface area contributed by atoms with Crippen molar-refractivity contribution in [3.63, 3.8) is 0 Å². The Bertz CT molecular complexity index is 1440. The number of pyridine rings is 1. The van der Waals surface area contributed by atoms with Crippen molar-refractivity contribution in [2.45, 2.75) is 26.3 Å². The van der Waals surface area contributed by atoms with Gasteiger partial charge in [-0.3, -0.25) is 19.4 Å². The van der Waals surface area contributed by atoms with Crippen LogP contribution in [0.3, 0.4) is 0 Å². The highest BCUT2D eigenvalue weighted by molar-refractivity contribution is 6.06. The molecule has 1 amide bonds. The minimum atomic E-state index is -0.648. The number of hydrogen-bond donors (Lipinski definition) is 2. The first-order valence-electron chi connectivity index (χ1n) is 10.2. The maximum atomic E-state index is 13.1. The van der Waals surface area contributed by atoms with E-state index in [0.29, 0.717) is 31.6 Å². The van der Waals surface area contributed by atoms with Crippen LogP contribution in [0.2, 0.25) is 0 Å². The average molecular weight is 434 g/mol. The quantitative estimate of drug-likeness (QED) is 0.431. The number of hydrogen-bond acceptors (Lipinski definition) is 5. The summed E-state index contributed by atoms with van der Waals surface area (Å²) in [4.78, 5) is 52.7. The van der Waals surface area contributed by atoms with Crippen molar-refractivity contribution in [1.29, 1.82) is 0 Å². The van der Waals surface area contributed by atoms with Crippen LogP contribution in [0.1, 0.15) is 29.0 Å². The molecule has 9 nitrogen and oxygen atoms in total. The van der Waals surface area contributed by atoms with Gasteiger partial charge in [0.05, 0.1) is 11.3 Å². The lowest BCUT2D eigenvalue weighted by Gasteiger charge is -2.07. The molecule has 0 saturated heterocycles. The van der Waals surface area contributed by atoms with Crippen LogP contribution in [0.15, 0.2) is 73.5 Å². The number of rotatable bonds is 7. The third-order valence-electron chi connectivity index (χ3n) is 5.18. The average Bonchev–Trinajstić information content (AvgIpc) is 3.11. The van der Waals surface area contributed by atoms with Crippen molar-refractivity contribution in [2.24, 2.45) is 0 Å². The van der Waals surface area contributed by atoms with Crippen molar-refractivity contribution in [3.8, 4) is 5.69 Å². The minimum absolute atomic E-state index is 0.0271. The third kappa shape index (κ3) is 4.04. The van der Waals surface area contributed by atoms with Gasteiger partial charge < -0.3 is 14.3 Å². The predicted molar refractivity (Wildman–Crippen MR) is 119 cm³/mol. The molecule has 0 fully saturated rings. The second kappa shape index (κ2) is 8.93. The lowest BCUT2D eigenvalue weighted by atomic mass is 10.1. The van der Waals surface area contributed by atoms with E-state index in [9.17, 15) is 19.2 Å². The Balaban J connectivity index is 1.53. The summed E-state index contributed by atoms with van der Waals surface area (Å²) in [5, 5.41) is 2.82. The Morgan fingerprint density at radius 2 is 1.78 bits per heavy atom. The highest BCUT2D eigenvalue weighted by atomic mass is 16.3. The first-order valence-corrected chi connectivity index (χ1v) is 10.2. The SMILES string of the molecule is Cc1oc2[nH]c(=O)n(-c3ccccc3)c(=O)c2c1C(=O)NCCCCn1ccccc1=O. The Hall–Kier alpha value is -4.14. The van der Waals surface area contributed by atoms with Crippen molar-refractivity contribution in [2.75, 3.05) is 6.54 Å². The summed E-state index contributed by atoms with van der Waals surface area (Å²) in [6.07, 6.45) is 3.07. The van der Waals surface area contributed by atoms with Crippen molar-refractivity contribution >= 4 is 17.0 Å². The molecule has 0 radical (unpaired) electrons. The Kier molecular flexibility index (Phi) is 5.89. The van der Waals surface area contributed by atoms with Crippen LogP contribution in [0.25, 0.3) is 16.8 Å². The molecule has 0 aliphatic heterocycles. The lowest BCUT2D eigenvalue weighted by molar-refractivity contribution is 0.0952. The van der Waals surface area contributed by atoms with E-state index in [0.717, 1.165) is 4.57 Å². The number of carbonyl (C=O) groups excluding carboxylic acids is 1. The van der Waals surface area contributed by atoms with E-state index in [2.05, 4.69) is 10.3 Å². The molecular formula is C23H22N4O5. The maximum Gasteiger partial charge on any atom is 0.335 e. The predicted octanol–water partition coefficient (Wildman–Crippen LogP) is 1.95. The Morgan fingerprint density at radius 1 is 1.03 bits per heavy atom. The van der Waals surface area contributed by atoms with E-state index in [1.54, 1.807) is 60.2 Å². The number of H-pyrrole nitrogens is 1. The van der Waals surface area contributed by atoms with Gasteiger partial charge in [0.2, 0.25) is 11.3 Å². The Morgan fingerprint density at radius 3 is 2.53 bits per heavy atom. The van der Waals surface area contributed by atoms with Gasteiger partial charge in [-0.1, -0.05) is 24.3 Å². The number of furan rings is 1. The van der Waals surface area contributed by atoms with Crippen LogP contribution in [0.4, 0.5) is 0 Å². The van der Waals surface area contributed by atoms with Crippen molar-refractivity contribution in [1.82, 2.24) is 19.4 Å². The van der Waals surface area contributed by atoms with E-state index in [-0.39, 0.29) is 28.0 Å².